The number of halogens is 1. The second-order valence-corrected chi connectivity index (χ2v) is 5.77. The third-order valence-corrected chi connectivity index (χ3v) is 3.84. The number of aryl methyl sites for hydroxylation is 1. The van der Waals surface area contributed by atoms with E-state index in [9.17, 15) is 4.79 Å². The van der Waals surface area contributed by atoms with Crippen LogP contribution in [-0.2, 0) is 4.79 Å². The number of hydrogen-bond donors (Lipinski definition) is 1. The monoisotopic (exact) mass is 310 g/mol. The summed E-state index contributed by atoms with van der Waals surface area (Å²) in [7, 11) is 0. The van der Waals surface area contributed by atoms with Gasteiger partial charge in [-0.25, -0.2) is 0 Å². The minimum Gasteiger partial charge on any atom is -0.374 e. The highest BCUT2D eigenvalue weighted by molar-refractivity contribution is 9.10. The van der Waals surface area contributed by atoms with Crippen LogP contribution in [0.3, 0.4) is 0 Å². The zero-order valence-corrected chi connectivity index (χ0v) is 12.5. The van der Waals surface area contributed by atoms with Crippen LogP contribution >= 0.6 is 15.9 Å². The molecule has 98 valence electrons. The van der Waals surface area contributed by atoms with E-state index >= 15 is 0 Å². The zero-order chi connectivity index (χ0) is 13.1. The molecular weight excluding hydrogens is 292 g/mol. The molecule has 4 heteroatoms. The number of amides is 1. The van der Waals surface area contributed by atoms with E-state index in [0.717, 1.165) is 41.7 Å². The Morgan fingerprint density at radius 1 is 1.39 bits per heavy atom. The van der Waals surface area contributed by atoms with Crippen LogP contribution < -0.4 is 5.32 Å². The van der Waals surface area contributed by atoms with Gasteiger partial charge in [-0.3, -0.25) is 4.79 Å². The lowest BCUT2D eigenvalue weighted by molar-refractivity contribution is -0.130. The molecule has 1 heterocycles. The Morgan fingerprint density at radius 3 is 2.67 bits per heavy atom. The Morgan fingerprint density at radius 2 is 2.06 bits per heavy atom. The Balaban J connectivity index is 2.01. The number of carbonyl (C=O) groups excluding carboxylic acids is 1. The molecule has 1 aliphatic rings. The van der Waals surface area contributed by atoms with Gasteiger partial charge in [0.2, 0.25) is 5.91 Å². The maximum atomic E-state index is 12.2. The van der Waals surface area contributed by atoms with Crippen molar-refractivity contribution in [2.45, 2.75) is 32.7 Å². The Kier molecular flexibility index (Phi) is 4.27. The summed E-state index contributed by atoms with van der Waals surface area (Å²) in [6.07, 6.45) is 2.27. The first-order chi connectivity index (χ1) is 8.58. The third-order valence-electron chi connectivity index (χ3n) is 3.35. The topological polar surface area (TPSA) is 32.3 Å². The molecule has 0 aromatic heterocycles. The maximum Gasteiger partial charge on any atom is 0.244 e. The smallest absolute Gasteiger partial charge is 0.244 e. The van der Waals surface area contributed by atoms with Gasteiger partial charge in [-0.1, -0.05) is 15.9 Å². The molecule has 0 bridgehead atoms. The number of nitrogens with one attached hydrogen (secondary N) is 1. The van der Waals surface area contributed by atoms with Crippen molar-refractivity contribution in [2.75, 3.05) is 18.4 Å². The van der Waals surface area contributed by atoms with E-state index in [4.69, 9.17) is 0 Å². The molecule has 0 spiro atoms. The van der Waals surface area contributed by atoms with Gasteiger partial charge in [-0.2, -0.15) is 0 Å². The van der Waals surface area contributed by atoms with Crippen molar-refractivity contribution in [3.63, 3.8) is 0 Å². The van der Waals surface area contributed by atoms with E-state index in [2.05, 4.69) is 27.3 Å². The van der Waals surface area contributed by atoms with Crippen LogP contribution in [0.5, 0.6) is 0 Å². The van der Waals surface area contributed by atoms with Crippen LogP contribution in [0.1, 0.15) is 25.3 Å². The molecule has 1 aliphatic heterocycles. The molecule has 0 saturated carbocycles. The van der Waals surface area contributed by atoms with E-state index in [1.54, 1.807) is 0 Å². The molecular formula is C14H19BrN2O. The number of likely N-dealkylation sites (tertiary alicyclic amines) is 1. The third kappa shape index (κ3) is 3.05. The highest BCUT2D eigenvalue weighted by Crippen LogP contribution is 2.21. The van der Waals surface area contributed by atoms with E-state index < -0.39 is 0 Å². The number of rotatable bonds is 3. The number of carbonyl (C=O) groups is 1. The van der Waals surface area contributed by atoms with E-state index in [0.29, 0.717) is 0 Å². The van der Waals surface area contributed by atoms with Gasteiger partial charge in [0.1, 0.15) is 6.04 Å². The molecule has 0 aliphatic carbocycles. The van der Waals surface area contributed by atoms with Gasteiger partial charge in [0.05, 0.1) is 0 Å². The van der Waals surface area contributed by atoms with Gasteiger partial charge in [0, 0.05) is 23.2 Å². The van der Waals surface area contributed by atoms with Crippen LogP contribution in [0.25, 0.3) is 0 Å². The summed E-state index contributed by atoms with van der Waals surface area (Å²) in [6.45, 7) is 5.79. The van der Waals surface area contributed by atoms with Crippen LogP contribution in [0.4, 0.5) is 5.69 Å². The molecule has 2 rings (SSSR count). The molecule has 1 atom stereocenters. The molecule has 1 fully saturated rings. The molecule has 0 radical (unpaired) electrons. The molecule has 1 amide bonds. The molecule has 1 unspecified atom stereocenters. The lowest BCUT2D eigenvalue weighted by Gasteiger charge is -2.22. The quantitative estimate of drug-likeness (QED) is 0.930. The molecule has 1 aromatic carbocycles. The average molecular weight is 311 g/mol. The first-order valence-electron chi connectivity index (χ1n) is 6.39. The van der Waals surface area contributed by atoms with Gasteiger partial charge in [0.25, 0.3) is 0 Å². The van der Waals surface area contributed by atoms with Gasteiger partial charge in [-0.05, 0) is 50.5 Å². The zero-order valence-electron chi connectivity index (χ0n) is 10.9. The fourth-order valence-corrected chi connectivity index (χ4v) is 2.77. The molecule has 1 N–H and O–H groups in total. The van der Waals surface area contributed by atoms with Gasteiger partial charge < -0.3 is 10.2 Å². The number of hydrogen-bond acceptors (Lipinski definition) is 2. The summed E-state index contributed by atoms with van der Waals surface area (Å²) >= 11 is 3.44. The predicted octanol–water partition coefficient (Wildman–Crippen LogP) is 3.18. The second kappa shape index (κ2) is 5.74. The predicted molar refractivity (Wildman–Crippen MR) is 77.8 cm³/mol. The summed E-state index contributed by atoms with van der Waals surface area (Å²) in [5.74, 6) is 0.204. The summed E-state index contributed by atoms with van der Waals surface area (Å²) in [5.41, 5.74) is 2.17. The van der Waals surface area contributed by atoms with Crippen molar-refractivity contribution in [3.05, 3.63) is 28.2 Å². The highest BCUT2D eigenvalue weighted by atomic mass is 79.9. The van der Waals surface area contributed by atoms with Crippen LogP contribution in [0.2, 0.25) is 0 Å². The van der Waals surface area contributed by atoms with Crippen LogP contribution in [0.15, 0.2) is 22.7 Å². The lowest BCUT2D eigenvalue weighted by Crippen LogP contribution is -2.39. The SMILES string of the molecule is Cc1cc(Br)ccc1NC(C)C(=O)N1CCCC1. The Bertz CT molecular complexity index is 441. The van der Waals surface area contributed by atoms with E-state index in [1.165, 1.54) is 0 Å². The largest absolute Gasteiger partial charge is 0.374 e. The molecule has 1 aromatic rings. The van der Waals surface area contributed by atoms with Crippen LogP contribution in [-0.4, -0.2) is 29.9 Å². The normalized spacial score (nSPS) is 16.7. The van der Waals surface area contributed by atoms with Crippen LogP contribution in [0, 0.1) is 6.92 Å². The standard InChI is InChI=1S/C14H19BrN2O/c1-10-9-12(15)5-6-13(10)16-11(2)14(18)17-7-3-4-8-17/h5-6,9,11,16H,3-4,7-8H2,1-2H3. The van der Waals surface area contributed by atoms with Crippen molar-refractivity contribution >= 4 is 27.5 Å². The highest BCUT2D eigenvalue weighted by Gasteiger charge is 2.23. The van der Waals surface area contributed by atoms with Crippen molar-refractivity contribution in [3.8, 4) is 0 Å². The van der Waals surface area contributed by atoms with Crippen molar-refractivity contribution in [1.29, 1.82) is 0 Å². The summed E-state index contributed by atoms with van der Waals surface area (Å²) < 4.78 is 1.06. The van der Waals surface area contributed by atoms with Gasteiger partial charge >= 0.3 is 0 Å². The number of benzene rings is 1. The molecule has 18 heavy (non-hydrogen) atoms. The summed E-state index contributed by atoms with van der Waals surface area (Å²) in [4.78, 5) is 14.1. The summed E-state index contributed by atoms with van der Waals surface area (Å²) in [5, 5.41) is 3.30. The minimum absolute atomic E-state index is 0.164. The maximum absolute atomic E-state index is 12.2. The number of anilines is 1. The fraction of sp³-hybridized carbons (Fsp3) is 0.500. The Labute approximate surface area is 117 Å². The summed E-state index contributed by atoms with van der Waals surface area (Å²) in [6, 6.07) is 5.88. The number of nitrogens with zero attached hydrogens (tertiary/aromatic N) is 1. The van der Waals surface area contributed by atoms with Gasteiger partial charge in [0.15, 0.2) is 0 Å². The van der Waals surface area contributed by atoms with Crippen molar-refractivity contribution in [2.24, 2.45) is 0 Å². The Hall–Kier alpha value is -1.03. The van der Waals surface area contributed by atoms with E-state index in [1.807, 2.05) is 30.9 Å². The first-order valence-corrected chi connectivity index (χ1v) is 7.18. The van der Waals surface area contributed by atoms with Gasteiger partial charge in [-0.15, -0.1) is 0 Å². The van der Waals surface area contributed by atoms with Crippen molar-refractivity contribution in [1.82, 2.24) is 4.90 Å². The molecule has 3 nitrogen and oxygen atoms in total. The second-order valence-electron chi connectivity index (χ2n) is 4.86. The minimum atomic E-state index is -0.164. The average Bonchev–Trinajstić information content (AvgIpc) is 2.85. The van der Waals surface area contributed by atoms with E-state index in [-0.39, 0.29) is 11.9 Å². The van der Waals surface area contributed by atoms with Crippen molar-refractivity contribution < 1.29 is 4.79 Å². The fourth-order valence-electron chi connectivity index (χ4n) is 2.30. The molecule has 1 saturated heterocycles. The lowest BCUT2D eigenvalue weighted by atomic mass is 10.2. The first kappa shape index (κ1) is 13.4.